The van der Waals surface area contributed by atoms with Crippen molar-refractivity contribution < 1.29 is 0 Å². The van der Waals surface area contributed by atoms with E-state index >= 15 is 0 Å². The maximum absolute atomic E-state index is 6.23. The van der Waals surface area contributed by atoms with Crippen LogP contribution in [0.3, 0.4) is 0 Å². The molecule has 0 bridgehead atoms. The first-order chi connectivity index (χ1) is 16.7. The summed E-state index contributed by atoms with van der Waals surface area (Å²) in [6.45, 7) is 3.31. The van der Waals surface area contributed by atoms with Crippen LogP contribution in [0.4, 0.5) is 0 Å². The molecule has 3 nitrogen and oxygen atoms in total. The lowest BCUT2D eigenvalue weighted by Crippen LogP contribution is -2.30. The average Bonchev–Trinajstić information content (AvgIpc) is 3.65. The van der Waals surface area contributed by atoms with Crippen molar-refractivity contribution in [1.29, 1.82) is 0 Å². The first kappa shape index (κ1) is 22.2. The van der Waals surface area contributed by atoms with Gasteiger partial charge in [0.25, 0.3) is 0 Å². The molecule has 4 aromatic rings. The fourth-order valence-electron chi connectivity index (χ4n) is 5.39. The molecule has 0 unspecified atom stereocenters. The fourth-order valence-corrected chi connectivity index (χ4v) is 5.65. The zero-order valence-electron chi connectivity index (χ0n) is 19.2. The molecule has 0 radical (unpaired) electrons. The SMILES string of the molecule is Clc1ccc(C(c2ccc(Cl)cc2)c2ccc3nc(C4CC4)n(CC4CCNCC4)c3c2)cc1. The highest BCUT2D eigenvalue weighted by molar-refractivity contribution is 6.30. The van der Waals surface area contributed by atoms with Crippen molar-refractivity contribution in [3.63, 3.8) is 0 Å². The molecule has 5 heteroatoms. The van der Waals surface area contributed by atoms with Crippen LogP contribution in [0.15, 0.2) is 66.7 Å². The van der Waals surface area contributed by atoms with Crippen molar-refractivity contribution in [2.24, 2.45) is 5.92 Å². The number of nitrogens with zero attached hydrogens (tertiary/aromatic N) is 2. The number of halogens is 2. The minimum atomic E-state index is 0.102. The van der Waals surface area contributed by atoms with E-state index in [1.807, 2.05) is 24.3 Å². The Labute approximate surface area is 211 Å². The summed E-state index contributed by atoms with van der Waals surface area (Å²) in [6, 6.07) is 23.3. The number of aromatic nitrogens is 2. The zero-order chi connectivity index (χ0) is 23.1. The van der Waals surface area contributed by atoms with E-state index in [1.54, 1.807) is 0 Å². The van der Waals surface area contributed by atoms with E-state index in [9.17, 15) is 0 Å². The predicted octanol–water partition coefficient (Wildman–Crippen LogP) is 7.40. The molecule has 2 heterocycles. The van der Waals surface area contributed by atoms with E-state index < -0.39 is 0 Å². The molecular formula is C29H29Cl2N3. The predicted molar refractivity (Wildman–Crippen MR) is 141 cm³/mol. The number of rotatable bonds is 6. The number of piperidine rings is 1. The number of imidazole rings is 1. The van der Waals surface area contributed by atoms with Crippen LogP contribution < -0.4 is 5.32 Å². The number of hydrogen-bond donors (Lipinski definition) is 1. The third kappa shape index (κ3) is 4.49. The summed E-state index contributed by atoms with van der Waals surface area (Å²) < 4.78 is 2.55. The van der Waals surface area contributed by atoms with Crippen molar-refractivity contribution in [2.45, 2.75) is 44.1 Å². The van der Waals surface area contributed by atoms with Gasteiger partial charge in [0.05, 0.1) is 11.0 Å². The molecule has 1 aromatic heterocycles. The Hall–Kier alpha value is -2.33. The molecule has 0 spiro atoms. The van der Waals surface area contributed by atoms with Gasteiger partial charge in [0.1, 0.15) is 5.82 Å². The molecule has 1 N–H and O–H groups in total. The van der Waals surface area contributed by atoms with Crippen LogP contribution in [-0.4, -0.2) is 22.6 Å². The molecule has 1 saturated heterocycles. The highest BCUT2D eigenvalue weighted by atomic mass is 35.5. The third-order valence-electron chi connectivity index (χ3n) is 7.38. The zero-order valence-corrected chi connectivity index (χ0v) is 20.7. The molecule has 174 valence electrons. The second-order valence-corrected chi connectivity index (χ2v) is 10.7. The van der Waals surface area contributed by atoms with Gasteiger partial charge in [-0.2, -0.15) is 0 Å². The molecule has 6 rings (SSSR count). The van der Waals surface area contributed by atoms with Crippen LogP contribution in [0.25, 0.3) is 11.0 Å². The molecular weight excluding hydrogens is 461 g/mol. The summed E-state index contributed by atoms with van der Waals surface area (Å²) in [6.07, 6.45) is 5.00. The van der Waals surface area contributed by atoms with E-state index in [0.29, 0.717) is 11.8 Å². The Kier molecular flexibility index (Phi) is 6.11. The van der Waals surface area contributed by atoms with Gasteiger partial charge < -0.3 is 9.88 Å². The monoisotopic (exact) mass is 489 g/mol. The quantitative estimate of drug-likeness (QED) is 0.286. The maximum atomic E-state index is 6.23. The normalized spacial score (nSPS) is 17.0. The van der Waals surface area contributed by atoms with Crippen molar-refractivity contribution in [1.82, 2.24) is 14.9 Å². The van der Waals surface area contributed by atoms with Crippen molar-refractivity contribution in [3.05, 3.63) is 99.3 Å². The summed E-state index contributed by atoms with van der Waals surface area (Å²) in [5.41, 5.74) is 6.10. The van der Waals surface area contributed by atoms with Crippen LogP contribution in [0, 0.1) is 5.92 Å². The molecule has 1 aliphatic carbocycles. The molecule has 2 fully saturated rings. The van der Waals surface area contributed by atoms with E-state index in [1.165, 1.54) is 53.7 Å². The number of hydrogen-bond acceptors (Lipinski definition) is 2. The second kappa shape index (κ2) is 9.37. The van der Waals surface area contributed by atoms with Gasteiger partial charge in [0.15, 0.2) is 0 Å². The molecule has 0 amide bonds. The molecule has 0 atom stereocenters. The maximum Gasteiger partial charge on any atom is 0.112 e. The first-order valence-electron chi connectivity index (χ1n) is 12.4. The van der Waals surface area contributed by atoms with Gasteiger partial charge in [0, 0.05) is 28.4 Å². The molecule has 2 aliphatic rings. The summed E-state index contributed by atoms with van der Waals surface area (Å²) in [5.74, 6) is 2.73. The number of fused-ring (bicyclic) bond motifs is 1. The van der Waals surface area contributed by atoms with Crippen LogP contribution in [0.2, 0.25) is 10.0 Å². The first-order valence-corrected chi connectivity index (χ1v) is 13.1. The van der Waals surface area contributed by atoms with Gasteiger partial charge in [-0.3, -0.25) is 0 Å². The lowest BCUT2D eigenvalue weighted by Gasteiger charge is -2.24. The molecule has 34 heavy (non-hydrogen) atoms. The Balaban J connectivity index is 1.46. The summed E-state index contributed by atoms with van der Waals surface area (Å²) in [4.78, 5) is 5.12. The van der Waals surface area contributed by atoms with Crippen molar-refractivity contribution in [2.75, 3.05) is 13.1 Å². The summed E-state index contributed by atoms with van der Waals surface area (Å²) in [7, 11) is 0. The fraction of sp³-hybridized carbons (Fsp3) is 0.345. The lowest BCUT2D eigenvalue weighted by molar-refractivity contribution is 0.333. The van der Waals surface area contributed by atoms with Crippen molar-refractivity contribution >= 4 is 34.2 Å². The van der Waals surface area contributed by atoms with Gasteiger partial charge in [-0.25, -0.2) is 4.98 Å². The largest absolute Gasteiger partial charge is 0.327 e. The Morgan fingerprint density at radius 1 is 0.794 bits per heavy atom. The number of benzene rings is 3. The lowest BCUT2D eigenvalue weighted by atomic mass is 9.85. The third-order valence-corrected chi connectivity index (χ3v) is 7.89. The smallest absolute Gasteiger partial charge is 0.112 e. The second-order valence-electron chi connectivity index (χ2n) is 9.83. The minimum Gasteiger partial charge on any atom is -0.327 e. The Morgan fingerprint density at radius 3 is 1.97 bits per heavy atom. The van der Waals surface area contributed by atoms with Crippen LogP contribution in [0.1, 0.15) is 60.0 Å². The highest BCUT2D eigenvalue weighted by Crippen LogP contribution is 2.42. The number of nitrogens with one attached hydrogen (secondary N) is 1. The summed E-state index contributed by atoms with van der Waals surface area (Å²) >= 11 is 12.5. The summed E-state index contributed by atoms with van der Waals surface area (Å²) in [5, 5.41) is 5.01. The van der Waals surface area contributed by atoms with Gasteiger partial charge in [-0.15, -0.1) is 0 Å². The van der Waals surface area contributed by atoms with Crippen LogP contribution in [-0.2, 0) is 6.54 Å². The van der Waals surface area contributed by atoms with Crippen LogP contribution in [0.5, 0.6) is 0 Å². The standard InChI is InChI=1S/C29H29Cl2N3/c30-24-8-3-20(4-9-24)28(21-5-10-25(31)11-6-21)23-7-12-26-27(17-23)34(29(33-26)22-1-2-22)18-19-13-15-32-16-14-19/h3-12,17,19,22,28,32H,1-2,13-16,18H2. The van der Waals surface area contributed by atoms with Gasteiger partial charge >= 0.3 is 0 Å². The molecule has 1 saturated carbocycles. The molecule has 1 aliphatic heterocycles. The average molecular weight is 490 g/mol. The van der Waals surface area contributed by atoms with Gasteiger partial charge in [-0.05, 0) is 97.8 Å². The molecule has 3 aromatic carbocycles. The van der Waals surface area contributed by atoms with E-state index in [2.05, 4.69) is 52.3 Å². The minimum absolute atomic E-state index is 0.102. The Bertz CT molecular complexity index is 1240. The topological polar surface area (TPSA) is 29.9 Å². The van der Waals surface area contributed by atoms with Gasteiger partial charge in [0.2, 0.25) is 0 Å². The highest BCUT2D eigenvalue weighted by Gasteiger charge is 2.31. The van der Waals surface area contributed by atoms with E-state index in [4.69, 9.17) is 28.2 Å². The van der Waals surface area contributed by atoms with E-state index in [0.717, 1.165) is 35.2 Å². The van der Waals surface area contributed by atoms with Crippen LogP contribution >= 0.6 is 23.2 Å². The van der Waals surface area contributed by atoms with E-state index in [-0.39, 0.29) is 5.92 Å². The van der Waals surface area contributed by atoms with Crippen molar-refractivity contribution in [3.8, 4) is 0 Å². The van der Waals surface area contributed by atoms with Gasteiger partial charge in [-0.1, -0.05) is 53.5 Å². The Morgan fingerprint density at radius 2 is 1.38 bits per heavy atom.